The zero-order chi connectivity index (χ0) is 16.5. The van der Waals surface area contributed by atoms with Crippen molar-refractivity contribution in [2.24, 2.45) is 0 Å². The van der Waals surface area contributed by atoms with Crippen LogP contribution in [-0.4, -0.2) is 28.1 Å². The maximum absolute atomic E-state index is 12.1. The van der Waals surface area contributed by atoms with Gasteiger partial charge in [-0.1, -0.05) is 18.2 Å². The molecule has 1 N–H and O–H groups in total. The van der Waals surface area contributed by atoms with Crippen molar-refractivity contribution >= 4 is 17.1 Å². The Morgan fingerprint density at radius 2 is 2.17 bits per heavy atom. The molecule has 3 heterocycles. The Kier molecular flexibility index (Phi) is 3.53. The van der Waals surface area contributed by atoms with Crippen LogP contribution in [0.3, 0.4) is 0 Å². The third-order valence-electron chi connectivity index (χ3n) is 3.97. The maximum atomic E-state index is 12.1. The van der Waals surface area contributed by atoms with Crippen molar-refractivity contribution in [3.63, 3.8) is 0 Å². The molecule has 4 rings (SSSR count). The van der Waals surface area contributed by atoms with Crippen molar-refractivity contribution in [2.75, 3.05) is 6.54 Å². The summed E-state index contributed by atoms with van der Waals surface area (Å²) in [5, 5.41) is 2.80. The van der Waals surface area contributed by atoms with Gasteiger partial charge in [0.1, 0.15) is 18.4 Å². The van der Waals surface area contributed by atoms with Crippen LogP contribution in [0.5, 0.6) is 5.75 Å². The minimum atomic E-state index is -0.594. The van der Waals surface area contributed by atoms with Crippen LogP contribution in [0.15, 0.2) is 51.8 Å². The van der Waals surface area contributed by atoms with Crippen LogP contribution in [0.2, 0.25) is 0 Å². The van der Waals surface area contributed by atoms with Crippen LogP contribution < -0.4 is 15.8 Å². The molecule has 122 valence electrons. The van der Waals surface area contributed by atoms with Crippen molar-refractivity contribution in [3.05, 3.63) is 58.7 Å². The van der Waals surface area contributed by atoms with Gasteiger partial charge >= 0.3 is 5.76 Å². The summed E-state index contributed by atoms with van der Waals surface area (Å²) in [5.74, 6) is -0.0219. The zero-order valence-corrected chi connectivity index (χ0v) is 12.8. The summed E-state index contributed by atoms with van der Waals surface area (Å²) in [6.45, 7) is 0.244. The number of aromatic nitrogens is 2. The van der Waals surface area contributed by atoms with Crippen LogP contribution in [0.1, 0.15) is 5.56 Å². The van der Waals surface area contributed by atoms with E-state index in [9.17, 15) is 9.59 Å². The number of pyridine rings is 1. The topological polar surface area (TPSA) is 86.4 Å². The molecule has 0 fully saturated rings. The lowest BCUT2D eigenvalue weighted by atomic mass is 10.1. The Hall–Kier alpha value is -3.09. The molecule has 1 aliphatic rings. The number of carbonyl (C=O) groups excluding carboxylic acids is 1. The minimum Gasteiger partial charge on any atom is -0.488 e. The first-order valence-electron chi connectivity index (χ1n) is 7.66. The molecule has 0 spiro atoms. The Balaban J connectivity index is 1.39. The predicted molar refractivity (Wildman–Crippen MR) is 85.8 cm³/mol. The van der Waals surface area contributed by atoms with E-state index in [2.05, 4.69) is 10.3 Å². The average Bonchev–Trinajstić information content (AvgIpc) is 3.14. The third-order valence-corrected chi connectivity index (χ3v) is 3.97. The number of amides is 1. The molecule has 1 aromatic carbocycles. The van der Waals surface area contributed by atoms with Gasteiger partial charge in [-0.25, -0.2) is 14.3 Å². The molecule has 2 aromatic heterocycles. The molecule has 0 unspecified atom stereocenters. The van der Waals surface area contributed by atoms with Crippen molar-refractivity contribution in [1.29, 1.82) is 0 Å². The smallest absolute Gasteiger partial charge is 0.421 e. The van der Waals surface area contributed by atoms with E-state index in [0.29, 0.717) is 17.8 Å². The molecule has 24 heavy (non-hydrogen) atoms. The first-order chi connectivity index (χ1) is 11.7. The van der Waals surface area contributed by atoms with Crippen LogP contribution in [0, 0.1) is 0 Å². The number of benzene rings is 1. The molecule has 1 atom stereocenters. The molecule has 0 radical (unpaired) electrons. The first kappa shape index (κ1) is 14.5. The van der Waals surface area contributed by atoms with E-state index in [1.54, 1.807) is 18.3 Å². The van der Waals surface area contributed by atoms with Gasteiger partial charge in [0.15, 0.2) is 11.2 Å². The summed E-state index contributed by atoms with van der Waals surface area (Å²) in [6.07, 6.45) is 2.21. The molecule has 1 aliphatic heterocycles. The quantitative estimate of drug-likeness (QED) is 0.776. The predicted octanol–water partition coefficient (Wildman–Crippen LogP) is 1.11. The van der Waals surface area contributed by atoms with E-state index in [1.165, 1.54) is 4.57 Å². The molecule has 0 bridgehead atoms. The van der Waals surface area contributed by atoms with E-state index < -0.39 is 5.76 Å². The number of rotatable bonds is 4. The fraction of sp³-hybridized carbons (Fsp3) is 0.235. The summed E-state index contributed by atoms with van der Waals surface area (Å²) < 4.78 is 12.0. The second-order valence-corrected chi connectivity index (χ2v) is 5.64. The van der Waals surface area contributed by atoms with Crippen LogP contribution in [-0.2, 0) is 17.8 Å². The monoisotopic (exact) mass is 325 g/mol. The second-order valence-electron chi connectivity index (χ2n) is 5.64. The van der Waals surface area contributed by atoms with Crippen molar-refractivity contribution < 1.29 is 13.9 Å². The Bertz CT molecular complexity index is 935. The van der Waals surface area contributed by atoms with Gasteiger partial charge in [-0.2, -0.15) is 0 Å². The summed E-state index contributed by atoms with van der Waals surface area (Å²) in [6, 6.07) is 11.1. The highest BCUT2D eigenvalue weighted by molar-refractivity contribution is 5.78. The fourth-order valence-electron chi connectivity index (χ4n) is 2.83. The van der Waals surface area contributed by atoms with E-state index in [0.717, 1.165) is 17.7 Å². The number of para-hydroxylation sites is 1. The molecule has 7 heteroatoms. The van der Waals surface area contributed by atoms with Gasteiger partial charge in [0.05, 0.1) is 6.54 Å². The molecule has 1 amide bonds. The molecule has 0 saturated carbocycles. The lowest BCUT2D eigenvalue weighted by molar-refractivity contribution is -0.122. The highest BCUT2D eigenvalue weighted by atomic mass is 16.5. The van der Waals surface area contributed by atoms with Crippen LogP contribution >= 0.6 is 0 Å². The molecule has 7 nitrogen and oxygen atoms in total. The molecule has 3 aromatic rings. The normalized spacial score (nSPS) is 15.9. The highest BCUT2D eigenvalue weighted by Gasteiger charge is 2.23. The SMILES string of the molecule is O=C(Cn1c(=O)oc2cccnc21)NC[C@@H]1Cc2ccccc2O1. The van der Waals surface area contributed by atoms with Gasteiger partial charge in [-0.15, -0.1) is 0 Å². The van der Waals surface area contributed by atoms with Gasteiger partial charge in [-0.05, 0) is 23.8 Å². The van der Waals surface area contributed by atoms with Gasteiger partial charge < -0.3 is 14.5 Å². The highest BCUT2D eigenvalue weighted by Crippen LogP contribution is 2.27. The number of hydrogen-bond acceptors (Lipinski definition) is 5. The van der Waals surface area contributed by atoms with Gasteiger partial charge in [0, 0.05) is 12.6 Å². The minimum absolute atomic E-state index is 0.0951. The average molecular weight is 325 g/mol. The van der Waals surface area contributed by atoms with Crippen molar-refractivity contribution in [1.82, 2.24) is 14.9 Å². The second kappa shape index (κ2) is 5.84. The maximum Gasteiger partial charge on any atom is 0.421 e. The Morgan fingerprint density at radius 3 is 3.04 bits per heavy atom. The number of carbonyl (C=O) groups is 1. The first-order valence-corrected chi connectivity index (χ1v) is 7.66. The van der Waals surface area contributed by atoms with E-state index in [1.807, 2.05) is 24.3 Å². The Labute approximate surface area is 136 Å². The van der Waals surface area contributed by atoms with Gasteiger partial charge in [0.25, 0.3) is 0 Å². The molecular weight excluding hydrogens is 310 g/mol. The molecule has 0 aliphatic carbocycles. The van der Waals surface area contributed by atoms with Gasteiger partial charge in [-0.3, -0.25) is 4.79 Å². The molecule has 0 saturated heterocycles. The summed E-state index contributed by atoms with van der Waals surface area (Å²) in [7, 11) is 0. The summed E-state index contributed by atoms with van der Waals surface area (Å²) in [5.41, 5.74) is 1.87. The number of nitrogens with one attached hydrogen (secondary N) is 1. The number of fused-ring (bicyclic) bond motifs is 2. The lowest BCUT2D eigenvalue weighted by Crippen LogP contribution is -2.37. The Morgan fingerprint density at radius 1 is 1.29 bits per heavy atom. The third kappa shape index (κ3) is 2.64. The van der Waals surface area contributed by atoms with Gasteiger partial charge in [0.2, 0.25) is 5.91 Å². The van der Waals surface area contributed by atoms with E-state index in [-0.39, 0.29) is 18.6 Å². The summed E-state index contributed by atoms with van der Waals surface area (Å²) in [4.78, 5) is 28.1. The summed E-state index contributed by atoms with van der Waals surface area (Å²) >= 11 is 0. The number of nitrogens with zero attached hydrogens (tertiary/aromatic N) is 2. The number of hydrogen-bond donors (Lipinski definition) is 1. The molecular formula is C17H15N3O4. The van der Waals surface area contributed by atoms with E-state index in [4.69, 9.17) is 9.15 Å². The van der Waals surface area contributed by atoms with Crippen LogP contribution in [0.4, 0.5) is 0 Å². The standard InChI is InChI=1S/C17H15N3O4/c21-15(10-20-16-14(24-17(20)22)6-3-7-18-16)19-9-12-8-11-4-1-2-5-13(11)23-12/h1-7,12H,8-10H2,(H,19,21)/t12-/m0/s1. The van der Waals surface area contributed by atoms with E-state index >= 15 is 0 Å². The largest absolute Gasteiger partial charge is 0.488 e. The van der Waals surface area contributed by atoms with Crippen molar-refractivity contribution in [2.45, 2.75) is 19.1 Å². The van der Waals surface area contributed by atoms with Crippen molar-refractivity contribution in [3.8, 4) is 5.75 Å². The zero-order valence-electron chi connectivity index (χ0n) is 12.8. The number of oxazole rings is 1. The van der Waals surface area contributed by atoms with Crippen LogP contribution in [0.25, 0.3) is 11.2 Å². The lowest BCUT2D eigenvalue weighted by Gasteiger charge is -2.12. The number of ether oxygens (including phenoxy) is 1. The fourth-order valence-corrected chi connectivity index (χ4v) is 2.83.